The van der Waals surface area contributed by atoms with E-state index < -0.39 is 0 Å². The van der Waals surface area contributed by atoms with Gasteiger partial charge in [0.1, 0.15) is 0 Å². The average Bonchev–Trinajstić information content (AvgIpc) is 2.72. The number of anilines is 1. The average molecular weight is 245 g/mol. The fraction of sp³-hybridized carbons (Fsp3) is 0.222. The third-order valence-corrected chi connectivity index (χ3v) is 3.88. The molecule has 0 amide bonds. The number of thiazole rings is 1. The summed E-state index contributed by atoms with van der Waals surface area (Å²) in [6, 6.07) is 0. The van der Waals surface area contributed by atoms with E-state index >= 15 is 0 Å². The highest BCUT2D eigenvalue weighted by molar-refractivity contribution is 7.15. The Balaban J connectivity index is 1.98. The number of thiophene rings is 1. The van der Waals surface area contributed by atoms with Crippen LogP contribution in [0.15, 0.2) is 17.0 Å². The molecule has 0 aromatic carbocycles. The Morgan fingerprint density at radius 2 is 2.36 bits per heavy atom. The predicted octanol–water partition coefficient (Wildman–Crippen LogP) is 3.78. The van der Waals surface area contributed by atoms with Crippen molar-refractivity contribution in [2.24, 2.45) is 0 Å². The summed E-state index contributed by atoms with van der Waals surface area (Å²) < 4.78 is 0. The Morgan fingerprint density at radius 3 is 2.93 bits per heavy atom. The van der Waals surface area contributed by atoms with Crippen LogP contribution < -0.4 is 5.32 Å². The number of nitrogens with zero attached hydrogens (tertiary/aromatic N) is 1. The maximum Gasteiger partial charge on any atom is 0.183 e. The Hall–Kier alpha value is -0.580. The quantitative estimate of drug-likeness (QED) is 0.889. The molecule has 0 saturated carbocycles. The van der Waals surface area contributed by atoms with Crippen molar-refractivity contribution in [3.63, 3.8) is 0 Å². The number of hydrogen-bond donors (Lipinski definition) is 1. The fourth-order valence-corrected chi connectivity index (χ4v) is 2.76. The molecule has 74 valence electrons. The number of aryl methyl sites for hydroxylation is 1. The third kappa shape index (κ3) is 2.26. The molecule has 0 fully saturated rings. The largest absolute Gasteiger partial charge is 0.357 e. The second kappa shape index (κ2) is 4.29. The van der Waals surface area contributed by atoms with Crippen LogP contribution in [-0.2, 0) is 6.54 Å². The molecular weight excluding hydrogens is 236 g/mol. The Labute approximate surface area is 95.6 Å². The molecule has 0 aliphatic carbocycles. The molecule has 14 heavy (non-hydrogen) atoms. The van der Waals surface area contributed by atoms with Gasteiger partial charge in [-0.25, -0.2) is 4.98 Å². The molecule has 0 aliphatic heterocycles. The highest BCUT2D eigenvalue weighted by atomic mass is 35.5. The normalized spacial score (nSPS) is 10.4. The molecule has 0 unspecified atom stereocenters. The van der Waals surface area contributed by atoms with Crippen molar-refractivity contribution in [1.29, 1.82) is 0 Å². The highest BCUT2D eigenvalue weighted by Crippen LogP contribution is 2.23. The first-order valence-corrected chi connectivity index (χ1v) is 6.26. The first-order chi connectivity index (χ1) is 6.75. The van der Waals surface area contributed by atoms with Gasteiger partial charge in [0.2, 0.25) is 0 Å². The van der Waals surface area contributed by atoms with Gasteiger partial charge in [0.15, 0.2) is 5.13 Å². The van der Waals surface area contributed by atoms with Crippen molar-refractivity contribution in [2.75, 3.05) is 5.32 Å². The second-order valence-electron chi connectivity index (χ2n) is 2.87. The van der Waals surface area contributed by atoms with Crippen LogP contribution in [0.4, 0.5) is 5.13 Å². The van der Waals surface area contributed by atoms with E-state index in [0.717, 1.165) is 22.3 Å². The summed E-state index contributed by atoms with van der Waals surface area (Å²) in [7, 11) is 0. The van der Waals surface area contributed by atoms with Crippen LogP contribution in [0.25, 0.3) is 0 Å². The molecule has 0 aliphatic rings. The van der Waals surface area contributed by atoms with Gasteiger partial charge in [-0.3, -0.25) is 0 Å². The lowest BCUT2D eigenvalue weighted by molar-refractivity contribution is 1.15. The zero-order chi connectivity index (χ0) is 9.97. The summed E-state index contributed by atoms with van der Waals surface area (Å²) in [5.41, 5.74) is 1.13. The number of aromatic nitrogens is 1. The van der Waals surface area contributed by atoms with Crippen molar-refractivity contribution in [2.45, 2.75) is 13.5 Å². The molecule has 0 saturated heterocycles. The second-order valence-corrected chi connectivity index (χ2v) is 5.26. The lowest BCUT2D eigenvalue weighted by atomic mass is 10.3. The number of rotatable bonds is 3. The molecule has 1 N–H and O–H groups in total. The van der Waals surface area contributed by atoms with Gasteiger partial charge >= 0.3 is 0 Å². The summed E-state index contributed by atoms with van der Waals surface area (Å²) in [6.45, 7) is 2.79. The minimum absolute atomic E-state index is 0.745. The zero-order valence-electron chi connectivity index (χ0n) is 7.58. The van der Waals surface area contributed by atoms with Crippen molar-refractivity contribution >= 4 is 39.4 Å². The van der Waals surface area contributed by atoms with Crippen LogP contribution in [0.2, 0.25) is 5.02 Å². The Bertz CT molecular complexity index is 422. The van der Waals surface area contributed by atoms with E-state index in [9.17, 15) is 0 Å². The molecule has 2 nitrogen and oxygen atoms in total. The minimum Gasteiger partial charge on any atom is -0.357 e. The van der Waals surface area contributed by atoms with Crippen LogP contribution >= 0.6 is 34.3 Å². The topological polar surface area (TPSA) is 24.9 Å². The number of hydrogen-bond acceptors (Lipinski definition) is 4. The SMILES string of the molecule is Cc1cnc(NCc2cscc2Cl)s1. The van der Waals surface area contributed by atoms with E-state index in [-0.39, 0.29) is 0 Å². The van der Waals surface area contributed by atoms with Crippen molar-refractivity contribution in [3.05, 3.63) is 32.4 Å². The first kappa shape index (κ1) is 9.96. The Morgan fingerprint density at radius 1 is 1.50 bits per heavy atom. The fourth-order valence-electron chi connectivity index (χ4n) is 1.04. The molecule has 2 aromatic heterocycles. The number of halogens is 1. The van der Waals surface area contributed by atoms with E-state index in [2.05, 4.69) is 15.7 Å². The molecule has 0 bridgehead atoms. The molecule has 5 heteroatoms. The van der Waals surface area contributed by atoms with Crippen LogP contribution in [0.3, 0.4) is 0 Å². The summed E-state index contributed by atoms with van der Waals surface area (Å²) in [4.78, 5) is 5.42. The molecular formula is C9H9ClN2S2. The van der Waals surface area contributed by atoms with E-state index in [0.29, 0.717) is 0 Å². The van der Waals surface area contributed by atoms with Gasteiger partial charge in [-0.05, 0) is 12.3 Å². The van der Waals surface area contributed by atoms with Gasteiger partial charge in [-0.15, -0.1) is 11.3 Å². The minimum atomic E-state index is 0.745. The smallest absolute Gasteiger partial charge is 0.183 e. The van der Waals surface area contributed by atoms with Gasteiger partial charge in [0.25, 0.3) is 0 Å². The van der Waals surface area contributed by atoms with Crippen LogP contribution in [0.1, 0.15) is 10.4 Å². The Kier molecular flexibility index (Phi) is 3.05. The van der Waals surface area contributed by atoms with Gasteiger partial charge in [0, 0.05) is 28.6 Å². The van der Waals surface area contributed by atoms with Crippen molar-refractivity contribution < 1.29 is 0 Å². The molecule has 0 radical (unpaired) electrons. The standard InChI is InChI=1S/C9H9ClN2S2/c1-6-2-11-9(14-6)12-3-7-4-13-5-8(7)10/h2,4-5H,3H2,1H3,(H,11,12). The van der Waals surface area contributed by atoms with Gasteiger partial charge in [-0.2, -0.15) is 11.3 Å². The lowest BCUT2D eigenvalue weighted by Gasteiger charge is -2.00. The molecule has 2 rings (SSSR count). The van der Waals surface area contributed by atoms with Crippen LogP contribution in [0, 0.1) is 6.92 Å². The maximum atomic E-state index is 5.96. The van der Waals surface area contributed by atoms with E-state index in [1.165, 1.54) is 4.88 Å². The van der Waals surface area contributed by atoms with Gasteiger partial charge in [0.05, 0.1) is 5.02 Å². The summed E-state index contributed by atoms with van der Waals surface area (Å²) >= 11 is 9.24. The molecule has 2 aromatic rings. The van der Waals surface area contributed by atoms with Gasteiger partial charge < -0.3 is 5.32 Å². The van der Waals surface area contributed by atoms with Crippen LogP contribution in [0.5, 0.6) is 0 Å². The number of nitrogens with one attached hydrogen (secondary N) is 1. The van der Waals surface area contributed by atoms with Crippen LogP contribution in [-0.4, -0.2) is 4.98 Å². The summed E-state index contributed by atoms with van der Waals surface area (Å²) in [5, 5.41) is 9.00. The molecule has 0 spiro atoms. The lowest BCUT2D eigenvalue weighted by Crippen LogP contribution is -1.97. The third-order valence-electron chi connectivity index (χ3n) is 1.74. The maximum absolute atomic E-state index is 5.96. The molecule has 2 heterocycles. The van der Waals surface area contributed by atoms with E-state index in [1.54, 1.807) is 22.7 Å². The first-order valence-electron chi connectivity index (χ1n) is 4.12. The van der Waals surface area contributed by atoms with E-state index in [4.69, 9.17) is 11.6 Å². The molecule has 0 atom stereocenters. The predicted molar refractivity (Wildman–Crippen MR) is 63.5 cm³/mol. The van der Waals surface area contributed by atoms with Crippen molar-refractivity contribution in [3.8, 4) is 0 Å². The monoisotopic (exact) mass is 244 g/mol. The summed E-state index contributed by atoms with van der Waals surface area (Å²) in [6.07, 6.45) is 1.86. The van der Waals surface area contributed by atoms with Crippen molar-refractivity contribution in [1.82, 2.24) is 4.98 Å². The highest BCUT2D eigenvalue weighted by Gasteiger charge is 2.02. The summed E-state index contributed by atoms with van der Waals surface area (Å²) in [5.74, 6) is 0. The van der Waals surface area contributed by atoms with E-state index in [1.807, 2.05) is 18.5 Å². The van der Waals surface area contributed by atoms with Gasteiger partial charge in [-0.1, -0.05) is 11.6 Å². The zero-order valence-corrected chi connectivity index (χ0v) is 9.97.